The number of carbonyl (C=O) groups is 2. The number of benzene rings is 1. The maximum atomic E-state index is 13.1. The van der Waals surface area contributed by atoms with E-state index in [-0.39, 0.29) is 24.6 Å². The molecule has 8 nitrogen and oxygen atoms in total. The lowest BCUT2D eigenvalue weighted by molar-refractivity contribution is -0.129. The quantitative estimate of drug-likeness (QED) is 0.451. The van der Waals surface area contributed by atoms with E-state index in [1.54, 1.807) is 11.2 Å². The van der Waals surface area contributed by atoms with E-state index in [1.165, 1.54) is 31.0 Å². The zero-order valence-corrected chi connectivity index (χ0v) is 19.4. The van der Waals surface area contributed by atoms with Crippen molar-refractivity contribution in [3.05, 3.63) is 54.3 Å². The third-order valence-corrected chi connectivity index (χ3v) is 6.80. The van der Waals surface area contributed by atoms with E-state index < -0.39 is 5.91 Å². The molecule has 4 rings (SSSR count). The Kier molecular flexibility index (Phi) is 7.83. The smallest absolute Gasteiger partial charge is 0.233 e. The van der Waals surface area contributed by atoms with Crippen molar-refractivity contribution < 1.29 is 14.0 Å². The topological polar surface area (TPSA) is 107 Å². The molecule has 1 aliphatic rings. The molecule has 2 aromatic heterocycles. The van der Waals surface area contributed by atoms with E-state index in [2.05, 4.69) is 14.8 Å². The normalized spacial score (nSPS) is 14.3. The van der Waals surface area contributed by atoms with Crippen LogP contribution in [0.5, 0.6) is 0 Å². The van der Waals surface area contributed by atoms with Crippen molar-refractivity contribution in [2.24, 2.45) is 5.73 Å². The Labute approximate surface area is 197 Å². The van der Waals surface area contributed by atoms with Crippen LogP contribution in [0, 0.1) is 0 Å². The van der Waals surface area contributed by atoms with Gasteiger partial charge in [-0.3, -0.25) is 14.2 Å². The zero-order chi connectivity index (χ0) is 23.0. The van der Waals surface area contributed by atoms with Crippen LogP contribution >= 0.6 is 11.8 Å². The van der Waals surface area contributed by atoms with Crippen molar-refractivity contribution >= 4 is 23.6 Å². The van der Waals surface area contributed by atoms with Gasteiger partial charge in [-0.05, 0) is 30.5 Å². The molecule has 1 fully saturated rings. The van der Waals surface area contributed by atoms with Crippen molar-refractivity contribution in [2.75, 3.05) is 12.3 Å². The molecule has 0 saturated heterocycles. The van der Waals surface area contributed by atoms with Crippen LogP contribution < -0.4 is 5.73 Å². The van der Waals surface area contributed by atoms with Crippen LogP contribution in [0.1, 0.15) is 50.1 Å². The molecule has 1 aromatic carbocycles. The lowest BCUT2D eigenvalue weighted by Crippen LogP contribution is -2.35. The van der Waals surface area contributed by atoms with E-state index in [0.717, 1.165) is 23.6 Å². The maximum Gasteiger partial charge on any atom is 0.233 e. The van der Waals surface area contributed by atoms with E-state index in [4.69, 9.17) is 10.2 Å². The molecule has 0 radical (unpaired) electrons. The lowest BCUT2D eigenvalue weighted by Gasteiger charge is -2.25. The first kappa shape index (κ1) is 23.1. The summed E-state index contributed by atoms with van der Waals surface area (Å²) in [6.45, 7) is 0.719. The second-order valence-corrected chi connectivity index (χ2v) is 9.19. The van der Waals surface area contributed by atoms with Crippen LogP contribution in [0.2, 0.25) is 0 Å². The van der Waals surface area contributed by atoms with Crippen molar-refractivity contribution in [3.8, 4) is 11.6 Å². The van der Waals surface area contributed by atoms with Gasteiger partial charge in [0.05, 0.1) is 12.0 Å². The number of hydrogen-bond donors (Lipinski definition) is 1. The summed E-state index contributed by atoms with van der Waals surface area (Å²) in [5, 5.41) is 9.52. The second kappa shape index (κ2) is 11.2. The molecule has 33 heavy (non-hydrogen) atoms. The molecule has 0 atom stereocenters. The molecule has 2 N–H and O–H groups in total. The van der Waals surface area contributed by atoms with Crippen LogP contribution in [-0.2, 0) is 16.1 Å². The van der Waals surface area contributed by atoms with Gasteiger partial charge in [-0.2, -0.15) is 0 Å². The fraction of sp³-hybridized carbons (Fsp3) is 0.417. The number of nitrogens with two attached hydrogens (primary N) is 1. The van der Waals surface area contributed by atoms with Crippen LogP contribution in [0.15, 0.2) is 58.3 Å². The second-order valence-electron chi connectivity index (χ2n) is 8.25. The van der Waals surface area contributed by atoms with E-state index in [0.29, 0.717) is 24.2 Å². The number of carbonyl (C=O) groups excluding carboxylic acids is 2. The lowest BCUT2D eigenvalue weighted by atomic mass is 9.95. The number of thioether (sulfide) groups is 1. The number of furan rings is 1. The van der Waals surface area contributed by atoms with Crippen LogP contribution in [0.3, 0.4) is 0 Å². The summed E-state index contributed by atoms with van der Waals surface area (Å²) in [6.07, 6.45) is 7.46. The summed E-state index contributed by atoms with van der Waals surface area (Å²) in [7, 11) is 0. The van der Waals surface area contributed by atoms with Gasteiger partial charge in [-0.1, -0.05) is 61.4 Å². The summed E-state index contributed by atoms with van der Waals surface area (Å²) >= 11 is 1.38. The highest BCUT2D eigenvalue weighted by atomic mass is 32.2. The Morgan fingerprint density at radius 2 is 1.88 bits per heavy atom. The van der Waals surface area contributed by atoms with Gasteiger partial charge in [0.1, 0.15) is 0 Å². The highest BCUT2D eigenvalue weighted by Crippen LogP contribution is 2.35. The average Bonchev–Trinajstić information content (AvgIpc) is 3.51. The minimum atomic E-state index is -0.423. The van der Waals surface area contributed by atoms with Gasteiger partial charge in [0.25, 0.3) is 0 Å². The van der Waals surface area contributed by atoms with Gasteiger partial charge in [0, 0.05) is 25.6 Å². The molecule has 0 aliphatic heterocycles. The van der Waals surface area contributed by atoms with Gasteiger partial charge in [0.2, 0.25) is 17.6 Å². The minimum Gasteiger partial charge on any atom is -0.461 e. The Morgan fingerprint density at radius 1 is 1.09 bits per heavy atom. The zero-order valence-electron chi connectivity index (χ0n) is 18.6. The van der Waals surface area contributed by atoms with Gasteiger partial charge in [-0.25, -0.2) is 0 Å². The highest BCUT2D eigenvalue weighted by Gasteiger charge is 2.26. The molecule has 0 unspecified atom stereocenters. The molecule has 9 heteroatoms. The fourth-order valence-electron chi connectivity index (χ4n) is 4.18. The third kappa shape index (κ3) is 6.04. The number of aromatic nitrogens is 3. The van der Waals surface area contributed by atoms with Crippen molar-refractivity contribution in [1.29, 1.82) is 0 Å². The molecule has 174 valence electrons. The van der Waals surface area contributed by atoms with Gasteiger partial charge >= 0.3 is 0 Å². The van der Waals surface area contributed by atoms with Gasteiger partial charge in [-0.15, -0.1) is 10.2 Å². The molecule has 1 saturated carbocycles. The maximum absolute atomic E-state index is 13.1. The number of rotatable bonds is 10. The first-order chi connectivity index (χ1) is 16.1. The molecular formula is C24H29N5O3S. The van der Waals surface area contributed by atoms with Gasteiger partial charge < -0.3 is 15.1 Å². The SMILES string of the molecule is NC(=O)CCN(Cc1ccccc1)C(=O)CSc1nnc(-c2ccco2)n1C1CCCCC1. The predicted molar refractivity (Wildman–Crippen MR) is 126 cm³/mol. The summed E-state index contributed by atoms with van der Waals surface area (Å²) in [6, 6.07) is 13.7. The molecule has 0 bridgehead atoms. The van der Waals surface area contributed by atoms with Crippen molar-refractivity contribution in [1.82, 2.24) is 19.7 Å². The number of nitrogens with zero attached hydrogens (tertiary/aromatic N) is 4. The Balaban J connectivity index is 1.50. The van der Waals surface area contributed by atoms with Crippen molar-refractivity contribution in [2.45, 2.75) is 56.3 Å². The van der Waals surface area contributed by atoms with E-state index in [9.17, 15) is 9.59 Å². The molecule has 3 aromatic rings. The van der Waals surface area contributed by atoms with E-state index >= 15 is 0 Å². The molecule has 2 amide bonds. The average molecular weight is 468 g/mol. The third-order valence-electron chi connectivity index (χ3n) is 5.87. The first-order valence-corrected chi connectivity index (χ1v) is 12.3. The summed E-state index contributed by atoms with van der Waals surface area (Å²) < 4.78 is 7.74. The van der Waals surface area contributed by atoms with Crippen LogP contribution in [-0.4, -0.2) is 43.8 Å². The molecule has 2 heterocycles. The highest BCUT2D eigenvalue weighted by molar-refractivity contribution is 7.99. The summed E-state index contributed by atoms with van der Waals surface area (Å²) in [5.41, 5.74) is 6.34. The fourth-order valence-corrected chi connectivity index (χ4v) is 5.08. The van der Waals surface area contributed by atoms with Gasteiger partial charge in [0.15, 0.2) is 10.9 Å². The van der Waals surface area contributed by atoms with Crippen LogP contribution in [0.25, 0.3) is 11.6 Å². The monoisotopic (exact) mass is 467 g/mol. The van der Waals surface area contributed by atoms with Crippen LogP contribution in [0.4, 0.5) is 0 Å². The largest absolute Gasteiger partial charge is 0.461 e. The first-order valence-electron chi connectivity index (χ1n) is 11.3. The number of hydrogen-bond acceptors (Lipinski definition) is 6. The standard InChI is InChI=1S/C24H29N5O3S/c25-21(30)13-14-28(16-18-8-3-1-4-9-18)22(31)17-33-24-27-26-23(20-12-7-15-32-20)29(24)19-10-5-2-6-11-19/h1,3-4,7-9,12,15,19H,2,5-6,10-11,13-14,16-17H2,(H2,25,30). The Morgan fingerprint density at radius 3 is 2.58 bits per heavy atom. The summed E-state index contributed by atoms with van der Waals surface area (Å²) in [4.78, 5) is 26.2. The minimum absolute atomic E-state index is 0.0668. The molecule has 0 spiro atoms. The Hall–Kier alpha value is -3.07. The number of amides is 2. The Bertz CT molecular complexity index is 1050. The van der Waals surface area contributed by atoms with Crippen molar-refractivity contribution in [3.63, 3.8) is 0 Å². The molecule has 1 aliphatic carbocycles. The molecular weight excluding hydrogens is 438 g/mol. The summed E-state index contributed by atoms with van der Waals surface area (Å²) in [5.74, 6) is 1.10. The van der Waals surface area contributed by atoms with E-state index in [1.807, 2.05) is 42.5 Å². The predicted octanol–water partition coefficient (Wildman–Crippen LogP) is 4.04. The number of primary amides is 1.